The number of allylic oxidation sites excluding steroid dienone is 2. The minimum Gasteiger partial charge on any atom is -0.457 e. The van der Waals surface area contributed by atoms with Crippen molar-refractivity contribution in [2.75, 3.05) is 33.7 Å². The standard InChI is InChI=1S/C27H27N3O4S/c1-29(2)16-17-30-15-5-8-22(25(31)24-10-6-18-35-24)27(30)34-20-13-11-19(12-14-20)33-23-9-4-3-7-21(23)26(28)32/h3-14,18H,15-17H2,1-2H3,(H2,28,32). The summed E-state index contributed by atoms with van der Waals surface area (Å²) in [5.41, 5.74) is 6.27. The molecule has 2 heterocycles. The van der Waals surface area contributed by atoms with Gasteiger partial charge in [-0.2, -0.15) is 0 Å². The first-order valence-corrected chi connectivity index (χ1v) is 12.0. The summed E-state index contributed by atoms with van der Waals surface area (Å²) in [6.45, 7) is 2.17. The van der Waals surface area contributed by atoms with Gasteiger partial charge >= 0.3 is 0 Å². The predicted octanol–water partition coefficient (Wildman–Crippen LogP) is 4.55. The molecule has 1 aliphatic rings. The zero-order valence-electron chi connectivity index (χ0n) is 19.6. The zero-order chi connectivity index (χ0) is 24.8. The number of carbonyl (C=O) groups is 2. The van der Waals surface area contributed by atoms with Crippen molar-refractivity contribution in [2.24, 2.45) is 5.73 Å². The predicted molar refractivity (Wildman–Crippen MR) is 137 cm³/mol. The average Bonchev–Trinajstić information content (AvgIpc) is 3.39. The summed E-state index contributed by atoms with van der Waals surface area (Å²) in [6.07, 6.45) is 3.82. The van der Waals surface area contributed by atoms with Crippen LogP contribution in [0.1, 0.15) is 20.0 Å². The van der Waals surface area contributed by atoms with Crippen molar-refractivity contribution in [3.05, 3.63) is 100 Å². The van der Waals surface area contributed by atoms with Crippen LogP contribution >= 0.6 is 11.3 Å². The van der Waals surface area contributed by atoms with Gasteiger partial charge < -0.3 is 25.0 Å². The van der Waals surface area contributed by atoms with Crippen LogP contribution in [0.5, 0.6) is 17.2 Å². The minimum atomic E-state index is -0.557. The number of nitrogens with two attached hydrogens (primary N) is 1. The molecule has 0 unspecified atom stereocenters. The van der Waals surface area contributed by atoms with Crippen LogP contribution in [0.15, 0.2) is 89.7 Å². The lowest BCUT2D eigenvalue weighted by molar-refractivity contribution is 0.0995. The lowest BCUT2D eigenvalue weighted by Gasteiger charge is -2.30. The number of benzene rings is 2. The van der Waals surface area contributed by atoms with Crippen molar-refractivity contribution in [3.63, 3.8) is 0 Å². The molecule has 0 saturated heterocycles. The Kier molecular flexibility index (Phi) is 7.64. The van der Waals surface area contributed by atoms with E-state index in [9.17, 15) is 9.59 Å². The second kappa shape index (κ2) is 11.0. The number of hydrogen-bond acceptors (Lipinski definition) is 7. The largest absolute Gasteiger partial charge is 0.457 e. The minimum absolute atomic E-state index is 0.0659. The van der Waals surface area contributed by atoms with Gasteiger partial charge in [0.05, 0.1) is 16.0 Å². The van der Waals surface area contributed by atoms with E-state index in [0.717, 1.165) is 6.54 Å². The number of rotatable bonds is 10. The molecule has 0 atom stereocenters. The fourth-order valence-electron chi connectivity index (χ4n) is 3.54. The number of primary amides is 1. The zero-order valence-corrected chi connectivity index (χ0v) is 20.5. The molecule has 180 valence electrons. The molecule has 1 amide bonds. The summed E-state index contributed by atoms with van der Waals surface area (Å²) in [4.78, 5) is 29.7. The molecule has 35 heavy (non-hydrogen) atoms. The normalized spacial score (nSPS) is 13.3. The topological polar surface area (TPSA) is 85.1 Å². The molecular weight excluding hydrogens is 462 g/mol. The van der Waals surface area contributed by atoms with Crippen LogP contribution in [0.2, 0.25) is 0 Å². The van der Waals surface area contributed by atoms with E-state index in [2.05, 4.69) is 9.80 Å². The third kappa shape index (κ3) is 5.98. The summed E-state index contributed by atoms with van der Waals surface area (Å²) >= 11 is 1.41. The number of carbonyl (C=O) groups excluding carboxylic acids is 2. The van der Waals surface area contributed by atoms with E-state index in [-0.39, 0.29) is 5.78 Å². The Bertz CT molecular complexity index is 1250. The maximum absolute atomic E-state index is 13.2. The van der Waals surface area contributed by atoms with Gasteiger partial charge in [-0.25, -0.2) is 0 Å². The van der Waals surface area contributed by atoms with E-state index >= 15 is 0 Å². The first kappa shape index (κ1) is 24.3. The van der Waals surface area contributed by atoms with Crippen LogP contribution < -0.4 is 15.2 Å². The molecule has 0 fully saturated rings. The first-order valence-electron chi connectivity index (χ1n) is 11.2. The molecule has 0 radical (unpaired) electrons. The summed E-state index contributed by atoms with van der Waals surface area (Å²) in [5.74, 6) is 1.38. The highest BCUT2D eigenvalue weighted by Crippen LogP contribution is 2.30. The number of likely N-dealkylation sites (N-methyl/N-ethyl adjacent to an activating group) is 1. The maximum atomic E-state index is 13.2. The van der Waals surface area contributed by atoms with Crippen molar-refractivity contribution in [1.29, 1.82) is 0 Å². The van der Waals surface area contributed by atoms with Gasteiger partial charge in [0.2, 0.25) is 11.7 Å². The molecule has 1 aliphatic heterocycles. The number of nitrogens with zero attached hydrogens (tertiary/aromatic N) is 2. The number of ketones is 1. The Hall–Kier alpha value is -3.88. The van der Waals surface area contributed by atoms with Crippen LogP contribution in [-0.4, -0.2) is 55.2 Å². The second-order valence-electron chi connectivity index (χ2n) is 8.21. The molecular formula is C27H27N3O4S. The second-order valence-corrected chi connectivity index (χ2v) is 9.16. The highest BCUT2D eigenvalue weighted by Gasteiger charge is 2.25. The number of amides is 1. The lowest BCUT2D eigenvalue weighted by Crippen LogP contribution is -2.36. The monoisotopic (exact) mass is 489 g/mol. The van der Waals surface area contributed by atoms with Gasteiger partial charge in [0.15, 0.2) is 0 Å². The molecule has 0 spiro atoms. The van der Waals surface area contributed by atoms with Crippen LogP contribution in [-0.2, 0) is 0 Å². The van der Waals surface area contributed by atoms with Crippen LogP contribution in [0.4, 0.5) is 0 Å². The Labute approximate surface area is 208 Å². The van der Waals surface area contributed by atoms with Gasteiger partial charge in [-0.15, -0.1) is 11.3 Å². The SMILES string of the molecule is CN(C)CCN1CC=CC(C(=O)c2cccs2)=C1Oc1ccc(Oc2ccccc2C(N)=O)cc1. The van der Waals surface area contributed by atoms with Crippen molar-refractivity contribution < 1.29 is 19.1 Å². The molecule has 4 rings (SSSR count). The van der Waals surface area contributed by atoms with Crippen molar-refractivity contribution in [3.8, 4) is 17.2 Å². The lowest BCUT2D eigenvalue weighted by atomic mass is 10.1. The summed E-state index contributed by atoms with van der Waals surface area (Å²) in [5, 5.41) is 1.89. The van der Waals surface area contributed by atoms with E-state index < -0.39 is 5.91 Å². The van der Waals surface area contributed by atoms with Gasteiger partial charge in [0.25, 0.3) is 5.91 Å². The van der Waals surface area contributed by atoms with Crippen molar-refractivity contribution >= 4 is 23.0 Å². The third-order valence-electron chi connectivity index (χ3n) is 5.35. The molecule has 2 N–H and O–H groups in total. The molecule has 3 aromatic rings. The Morgan fingerprint density at radius 2 is 1.71 bits per heavy atom. The Morgan fingerprint density at radius 3 is 2.37 bits per heavy atom. The molecule has 0 saturated carbocycles. The third-order valence-corrected chi connectivity index (χ3v) is 6.22. The van der Waals surface area contributed by atoms with Gasteiger partial charge in [0, 0.05) is 19.6 Å². The van der Waals surface area contributed by atoms with E-state index in [1.54, 1.807) is 48.5 Å². The van der Waals surface area contributed by atoms with Crippen LogP contribution in [0.3, 0.4) is 0 Å². The number of para-hydroxylation sites is 1. The fourth-order valence-corrected chi connectivity index (χ4v) is 4.22. The molecule has 2 aromatic carbocycles. The molecule has 8 heteroatoms. The number of Topliss-reactive ketones (excluding diaryl/α,β-unsaturated/α-hetero) is 1. The van der Waals surface area contributed by atoms with Gasteiger partial charge in [-0.05, 0) is 68.0 Å². The Balaban J connectivity index is 1.59. The van der Waals surface area contributed by atoms with E-state index in [0.29, 0.717) is 52.2 Å². The van der Waals surface area contributed by atoms with E-state index in [4.69, 9.17) is 15.2 Å². The van der Waals surface area contributed by atoms with E-state index in [1.807, 2.05) is 43.8 Å². The van der Waals surface area contributed by atoms with Gasteiger partial charge in [-0.3, -0.25) is 9.59 Å². The highest BCUT2D eigenvalue weighted by molar-refractivity contribution is 7.12. The average molecular weight is 490 g/mol. The van der Waals surface area contributed by atoms with Crippen LogP contribution in [0, 0.1) is 0 Å². The highest BCUT2D eigenvalue weighted by atomic mass is 32.1. The Morgan fingerprint density at radius 1 is 1.00 bits per heavy atom. The molecule has 7 nitrogen and oxygen atoms in total. The summed E-state index contributed by atoms with van der Waals surface area (Å²) in [7, 11) is 4.02. The summed E-state index contributed by atoms with van der Waals surface area (Å²) in [6, 6.07) is 17.5. The molecule has 0 aliphatic carbocycles. The molecule has 1 aromatic heterocycles. The van der Waals surface area contributed by atoms with Gasteiger partial charge in [0.1, 0.15) is 17.2 Å². The van der Waals surface area contributed by atoms with E-state index in [1.165, 1.54) is 11.3 Å². The summed E-state index contributed by atoms with van der Waals surface area (Å²) < 4.78 is 12.2. The number of hydrogen-bond donors (Lipinski definition) is 1. The fraction of sp³-hybridized carbons (Fsp3) is 0.185. The quantitative estimate of drug-likeness (QED) is 0.421. The van der Waals surface area contributed by atoms with Crippen molar-refractivity contribution in [1.82, 2.24) is 9.80 Å². The first-order chi connectivity index (χ1) is 16.9. The van der Waals surface area contributed by atoms with Crippen molar-refractivity contribution in [2.45, 2.75) is 0 Å². The van der Waals surface area contributed by atoms with Gasteiger partial charge in [-0.1, -0.05) is 24.3 Å². The number of thiophene rings is 1. The smallest absolute Gasteiger partial charge is 0.252 e. The maximum Gasteiger partial charge on any atom is 0.252 e. The number of ether oxygens (including phenoxy) is 2. The molecule has 0 bridgehead atoms. The van der Waals surface area contributed by atoms with Crippen LogP contribution in [0.25, 0.3) is 0 Å².